The third-order valence-corrected chi connectivity index (χ3v) is 7.36. The van der Waals surface area contributed by atoms with E-state index >= 15 is 0 Å². The van der Waals surface area contributed by atoms with E-state index in [9.17, 15) is 0 Å². The fourth-order valence-corrected chi connectivity index (χ4v) is 4.99. The van der Waals surface area contributed by atoms with E-state index in [1.165, 1.54) is 38.9 Å². The quantitative estimate of drug-likeness (QED) is 0.265. The van der Waals surface area contributed by atoms with Crippen LogP contribution in [0, 0.1) is 20.8 Å². The Morgan fingerprint density at radius 2 is 1.08 bits per heavy atom. The number of rotatable bonds is 6. The van der Waals surface area contributed by atoms with Crippen molar-refractivity contribution in [3.8, 4) is 16.9 Å². The van der Waals surface area contributed by atoms with Crippen LogP contribution in [0.1, 0.15) is 69.4 Å². The smallest absolute Gasteiger partial charge is 0.142 e. The van der Waals surface area contributed by atoms with E-state index in [1.54, 1.807) is 7.11 Å². The number of anilines is 4. The third kappa shape index (κ3) is 6.30. The van der Waals surface area contributed by atoms with Gasteiger partial charge in [-0.15, -0.1) is 0 Å². The van der Waals surface area contributed by atoms with Gasteiger partial charge < -0.3 is 15.4 Å². The minimum atomic E-state index is 0.0487. The van der Waals surface area contributed by atoms with Crippen LogP contribution in [0.15, 0.2) is 72.8 Å². The molecule has 0 aliphatic carbocycles. The van der Waals surface area contributed by atoms with Crippen LogP contribution in [0.2, 0.25) is 0 Å². The standard InChI is InChI=1S/C36H44N2O/c1-23-17-18-32(39-10)31(19-23)38-30-16-12-14-25(3)34(30)33-24(2)13-11-15-29(33)37-28-21-26(35(4,5)6)20-27(22-28)36(7,8)9/h11-22,37-38H,1-10H3. The molecule has 0 saturated carbocycles. The maximum absolute atomic E-state index is 5.68. The van der Waals surface area contributed by atoms with Crippen molar-refractivity contribution in [3.63, 3.8) is 0 Å². The zero-order chi connectivity index (χ0) is 28.5. The largest absolute Gasteiger partial charge is 0.495 e. The van der Waals surface area contributed by atoms with Crippen molar-refractivity contribution in [1.82, 2.24) is 0 Å². The highest BCUT2D eigenvalue weighted by Crippen LogP contribution is 2.42. The third-order valence-electron chi connectivity index (χ3n) is 7.36. The summed E-state index contributed by atoms with van der Waals surface area (Å²) in [7, 11) is 1.72. The number of aryl methyl sites for hydroxylation is 3. The Bertz CT molecular complexity index is 1450. The molecular formula is C36H44N2O. The van der Waals surface area contributed by atoms with E-state index in [4.69, 9.17) is 4.74 Å². The summed E-state index contributed by atoms with van der Waals surface area (Å²) in [6, 6.07) is 26.1. The van der Waals surface area contributed by atoms with Gasteiger partial charge in [0.15, 0.2) is 0 Å². The van der Waals surface area contributed by atoms with Crippen LogP contribution < -0.4 is 15.4 Å². The minimum Gasteiger partial charge on any atom is -0.495 e. The van der Waals surface area contributed by atoms with Gasteiger partial charge in [-0.3, -0.25) is 0 Å². The van der Waals surface area contributed by atoms with E-state index in [0.29, 0.717) is 0 Å². The van der Waals surface area contributed by atoms with Gasteiger partial charge in [0.1, 0.15) is 5.75 Å². The van der Waals surface area contributed by atoms with E-state index in [2.05, 4.69) is 140 Å². The summed E-state index contributed by atoms with van der Waals surface area (Å²) in [4.78, 5) is 0. The van der Waals surface area contributed by atoms with Crippen molar-refractivity contribution in [2.24, 2.45) is 0 Å². The Kier molecular flexibility index (Phi) is 7.84. The number of methoxy groups -OCH3 is 1. The lowest BCUT2D eigenvalue weighted by molar-refractivity contribution is 0.416. The summed E-state index contributed by atoms with van der Waals surface area (Å²) >= 11 is 0. The molecule has 3 heteroatoms. The van der Waals surface area contributed by atoms with Gasteiger partial charge in [-0.1, -0.05) is 77.9 Å². The SMILES string of the molecule is COc1ccc(C)cc1Nc1cccc(C)c1-c1c(C)cccc1Nc1cc(C(C)(C)C)cc(C(C)(C)C)c1. The molecule has 0 heterocycles. The molecule has 0 aliphatic heterocycles. The Labute approximate surface area is 235 Å². The van der Waals surface area contributed by atoms with Gasteiger partial charge in [0.05, 0.1) is 12.8 Å². The first-order valence-corrected chi connectivity index (χ1v) is 13.8. The second kappa shape index (κ2) is 10.8. The van der Waals surface area contributed by atoms with Crippen molar-refractivity contribution in [2.45, 2.75) is 73.1 Å². The molecule has 39 heavy (non-hydrogen) atoms. The first-order valence-electron chi connectivity index (χ1n) is 13.8. The molecule has 0 atom stereocenters. The van der Waals surface area contributed by atoms with Crippen molar-refractivity contribution in [2.75, 3.05) is 17.7 Å². The second-order valence-corrected chi connectivity index (χ2v) is 12.7. The topological polar surface area (TPSA) is 33.3 Å². The van der Waals surface area contributed by atoms with Crippen LogP contribution in [0.5, 0.6) is 5.75 Å². The summed E-state index contributed by atoms with van der Waals surface area (Å²) < 4.78 is 5.68. The molecule has 0 spiro atoms. The van der Waals surface area contributed by atoms with Gasteiger partial charge in [-0.25, -0.2) is 0 Å². The van der Waals surface area contributed by atoms with Crippen LogP contribution in [0.25, 0.3) is 11.1 Å². The molecule has 4 rings (SSSR count). The molecule has 0 unspecified atom stereocenters. The lowest BCUT2D eigenvalue weighted by atomic mass is 9.80. The lowest BCUT2D eigenvalue weighted by Gasteiger charge is -2.27. The Morgan fingerprint density at radius 3 is 1.56 bits per heavy atom. The number of hydrogen-bond donors (Lipinski definition) is 2. The van der Waals surface area contributed by atoms with Crippen LogP contribution in [-0.2, 0) is 10.8 Å². The van der Waals surface area contributed by atoms with Gasteiger partial charge in [0, 0.05) is 28.2 Å². The predicted octanol–water partition coefficient (Wildman–Crippen LogP) is 10.4. The molecule has 0 fully saturated rings. The molecule has 204 valence electrons. The van der Waals surface area contributed by atoms with Crippen molar-refractivity contribution in [3.05, 3.63) is 101 Å². The van der Waals surface area contributed by atoms with Gasteiger partial charge >= 0.3 is 0 Å². The average molecular weight is 521 g/mol. The summed E-state index contributed by atoms with van der Waals surface area (Å²) in [5, 5.41) is 7.53. The number of ether oxygens (including phenoxy) is 1. The summed E-state index contributed by atoms with van der Waals surface area (Å²) in [5.74, 6) is 0.824. The number of benzene rings is 4. The van der Waals surface area contributed by atoms with Crippen molar-refractivity contribution < 1.29 is 4.74 Å². The van der Waals surface area contributed by atoms with Crippen LogP contribution in [0.3, 0.4) is 0 Å². The minimum absolute atomic E-state index is 0.0487. The zero-order valence-corrected chi connectivity index (χ0v) is 25.3. The van der Waals surface area contributed by atoms with Crippen molar-refractivity contribution >= 4 is 22.7 Å². The molecule has 0 aliphatic rings. The maximum atomic E-state index is 5.68. The Hall–Kier alpha value is -3.72. The summed E-state index contributed by atoms with van der Waals surface area (Å²) in [5.41, 5.74) is 13.0. The molecule has 0 aromatic heterocycles. The fourth-order valence-electron chi connectivity index (χ4n) is 4.99. The number of nitrogens with one attached hydrogen (secondary N) is 2. The van der Waals surface area contributed by atoms with Crippen LogP contribution >= 0.6 is 0 Å². The zero-order valence-electron chi connectivity index (χ0n) is 25.3. The molecule has 0 bridgehead atoms. The van der Waals surface area contributed by atoms with Gasteiger partial charge in [0.2, 0.25) is 0 Å². The lowest BCUT2D eigenvalue weighted by Crippen LogP contribution is -2.16. The number of hydrogen-bond acceptors (Lipinski definition) is 3. The highest BCUT2D eigenvalue weighted by atomic mass is 16.5. The molecule has 4 aromatic rings. The first-order chi connectivity index (χ1) is 18.3. The monoisotopic (exact) mass is 520 g/mol. The van der Waals surface area contributed by atoms with Gasteiger partial charge in [-0.05, 0) is 95.8 Å². The molecule has 0 amide bonds. The molecule has 3 nitrogen and oxygen atoms in total. The fraction of sp³-hybridized carbons (Fsp3) is 0.333. The highest BCUT2D eigenvalue weighted by molar-refractivity contribution is 5.93. The first kappa shape index (κ1) is 28.3. The predicted molar refractivity (Wildman–Crippen MR) is 169 cm³/mol. The van der Waals surface area contributed by atoms with Gasteiger partial charge in [0.25, 0.3) is 0 Å². The van der Waals surface area contributed by atoms with Crippen LogP contribution in [-0.4, -0.2) is 7.11 Å². The summed E-state index contributed by atoms with van der Waals surface area (Å²) in [6.07, 6.45) is 0. The molecule has 4 aromatic carbocycles. The van der Waals surface area contributed by atoms with Gasteiger partial charge in [-0.2, -0.15) is 0 Å². The van der Waals surface area contributed by atoms with E-state index < -0.39 is 0 Å². The van der Waals surface area contributed by atoms with Crippen LogP contribution in [0.4, 0.5) is 22.7 Å². The maximum Gasteiger partial charge on any atom is 0.142 e. The molecule has 0 saturated heterocycles. The van der Waals surface area contributed by atoms with Crippen molar-refractivity contribution in [1.29, 1.82) is 0 Å². The summed E-state index contributed by atoms with van der Waals surface area (Å²) in [6.45, 7) is 20.1. The molecule has 0 radical (unpaired) electrons. The Balaban J connectivity index is 1.86. The second-order valence-electron chi connectivity index (χ2n) is 12.7. The van der Waals surface area contributed by atoms with E-state index in [0.717, 1.165) is 28.5 Å². The Morgan fingerprint density at radius 1 is 0.564 bits per heavy atom. The highest BCUT2D eigenvalue weighted by Gasteiger charge is 2.22. The normalized spacial score (nSPS) is 11.8. The van der Waals surface area contributed by atoms with E-state index in [1.807, 2.05) is 6.07 Å². The molecular weight excluding hydrogens is 476 g/mol. The average Bonchev–Trinajstić information content (AvgIpc) is 2.84. The molecule has 2 N–H and O–H groups in total. The van der Waals surface area contributed by atoms with E-state index in [-0.39, 0.29) is 10.8 Å².